The van der Waals surface area contributed by atoms with Crippen molar-refractivity contribution in [1.82, 2.24) is 20.6 Å². The van der Waals surface area contributed by atoms with Crippen molar-refractivity contribution in [3.05, 3.63) is 35.0 Å². The monoisotopic (exact) mass is 529 g/mol. The Balaban J connectivity index is 0.00000300. The molecule has 0 saturated carbocycles. The number of nitrogens with zero attached hydrogens (tertiary/aromatic N) is 5. The summed E-state index contributed by atoms with van der Waals surface area (Å²) in [5, 5.41) is 10.0. The van der Waals surface area contributed by atoms with E-state index in [0.717, 1.165) is 60.8 Å². The lowest BCUT2D eigenvalue weighted by atomic mass is 10.1. The highest BCUT2D eigenvalue weighted by molar-refractivity contribution is 14.0. The zero-order valence-corrected chi connectivity index (χ0v) is 20.8. The first kappa shape index (κ1) is 23.7. The van der Waals surface area contributed by atoms with Gasteiger partial charge in [0.2, 0.25) is 0 Å². The third-order valence-electron chi connectivity index (χ3n) is 4.70. The van der Waals surface area contributed by atoms with E-state index in [9.17, 15) is 0 Å². The highest BCUT2D eigenvalue weighted by atomic mass is 127. The second-order valence-corrected chi connectivity index (χ2v) is 8.09. The van der Waals surface area contributed by atoms with Crippen LogP contribution < -0.4 is 20.4 Å². The molecule has 3 rings (SSSR count). The fourth-order valence-corrected chi connectivity index (χ4v) is 3.95. The number of thiazole rings is 1. The van der Waals surface area contributed by atoms with Crippen LogP contribution in [0.4, 0.5) is 10.9 Å². The Morgan fingerprint density at radius 1 is 1.28 bits per heavy atom. The first-order valence-corrected chi connectivity index (χ1v) is 10.8. The number of nitrogens with one attached hydrogen (secondary N) is 2. The Labute approximate surface area is 195 Å². The van der Waals surface area contributed by atoms with Crippen LogP contribution in [-0.4, -0.2) is 55.7 Å². The molecule has 2 N–H and O–H groups in total. The quantitative estimate of drug-likeness (QED) is 0.340. The number of anilines is 2. The summed E-state index contributed by atoms with van der Waals surface area (Å²) in [5.74, 6) is 1.95. The van der Waals surface area contributed by atoms with Gasteiger partial charge in [-0.2, -0.15) is 0 Å². The Morgan fingerprint density at radius 2 is 2.03 bits per heavy atom. The zero-order chi connectivity index (χ0) is 19.9. The summed E-state index contributed by atoms with van der Waals surface area (Å²) in [6.45, 7) is 7.58. The smallest absolute Gasteiger partial charge is 0.191 e. The van der Waals surface area contributed by atoms with E-state index < -0.39 is 0 Å². The normalized spacial score (nSPS) is 15.0. The van der Waals surface area contributed by atoms with Gasteiger partial charge in [-0.3, -0.25) is 0 Å². The van der Waals surface area contributed by atoms with Crippen LogP contribution in [0.2, 0.25) is 0 Å². The standard InChI is InChI=1S/C20H31N7S.HI/c1-5-21-19(22-13-17-14-28-20(25-17)26(3)4)24-16-9-11-27(12-10-16)18-8-6-7-15(2)23-18;/h6-8,14,16H,5,9-13H2,1-4H3,(H2,21,22,24);1H. The zero-order valence-electron chi connectivity index (χ0n) is 17.7. The van der Waals surface area contributed by atoms with Gasteiger partial charge in [-0.15, -0.1) is 35.3 Å². The number of hydrogen-bond acceptors (Lipinski definition) is 6. The summed E-state index contributed by atoms with van der Waals surface area (Å²) in [7, 11) is 4.02. The minimum Gasteiger partial charge on any atom is -0.357 e. The Kier molecular flexibility index (Phi) is 9.41. The molecule has 160 valence electrons. The molecule has 0 amide bonds. The molecule has 2 aromatic rings. The van der Waals surface area contributed by atoms with E-state index in [-0.39, 0.29) is 24.0 Å². The number of pyridine rings is 1. The van der Waals surface area contributed by atoms with E-state index in [1.54, 1.807) is 11.3 Å². The molecule has 9 heteroatoms. The van der Waals surface area contributed by atoms with Crippen LogP contribution in [0.25, 0.3) is 0 Å². The van der Waals surface area contributed by atoms with E-state index >= 15 is 0 Å². The van der Waals surface area contributed by atoms with Gasteiger partial charge in [0.05, 0.1) is 12.2 Å². The molecule has 29 heavy (non-hydrogen) atoms. The molecule has 0 atom stereocenters. The molecular weight excluding hydrogens is 497 g/mol. The molecule has 1 aliphatic heterocycles. The second-order valence-electron chi connectivity index (χ2n) is 7.25. The lowest BCUT2D eigenvalue weighted by molar-refractivity contribution is 0.459. The SMILES string of the molecule is CCNC(=NCc1csc(N(C)C)n1)NC1CCN(c2cccc(C)n2)CC1.I. The van der Waals surface area contributed by atoms with Gasteiger partial charge >= 0.3 is 0 Å². The van der Waals surface area contributed by atoms with Gasteiger partial charge in [-0.1, -0.05) is 6.07 Å². The minimum absolute atomic E-state index is 0. The molecule has 3 heterocycles. The van der Waals surface area contributed by atoms with Crippen molar-refractivity contribution >= 4 is 52.2 Å². The molecule has 1 aliphatic rings. The maximum absolute atomic E-state index is 4.73. The molecule has 2 aromatic heterocycles. The number of hydrogen-bond donors (Lipinski definition) is 2. The van der Waals surface area contributed by atoms with Gasteiger partial charge in [0.1, 0.15) is 5.82 Å². The molecule has 0 bridgehead atoms. The number of aromatic nitrogens is 2. The van der Waals surface area contributed by atoms with Crippen LogP contribution in [0, 0.1) is 6.92 Å². The number of aryl methyl sites for hydroxylation is 1. The fraction of sp³-hybridized carbons (Fsp3) is 0.550. The molecule has 7 nitrogen and oxygen atoms in total. The molecule has 0 radical (unpaired) electrons. The first-order chi connectivity index (χ1) is 13.5. The maximum Gasteiger partial charge on any atom is 0.191 e. The summed E-state index contributed by atoms with van der Waals surface area (Å²) in [5.41, 5.74) is 2.07. The number of rotatable bonds is 6. The van der Waals surface area contributed by atoms with Crippen LogP contribution in [0.1, 0.15) is 31.2 Å². The molecule has 0 aliphatic carbocycles. The largest absolute Gasteiger partial charge is 0.357 e. The highest BCUT2D eigenvalue weighted by Crippen LogP contribution is 2.19. The van der Waals surface area contributed by atoms with Gasteiger partial charge in [0.15, 0.2) is 11.1 Å². The van der Waals surface area contributed by atoms with Crippen molar-refractivity contribution in [2.24, 2.45) is 4.99 Å². The number of aliphatic imine (C=N–C) groups is 1. The average Bonchev–Trinajstić information content (AvgIpc) is 3.16. The Hall–Kier alpha value is -1.62. The van der Waals surface area contributed by atoms with Crippen LogP contribution in [0.15, 0.2) is 28.6 Å². The summed E-state index contributed by atoms with van der Waals surface area (Å²) in [6.07, 6.45) is 2.14. The van der Waals surface area contributed by atoms with Gasteiger partial charge in [0.25, 0.3) is 0 Å². The predicted molar refractivity (Wildman–Crippen MR) is 134 cm³/mol. The summed E-state index contributed by atoms with van der Waals surface area (Å²) in [6, 6.07) is 6.65. The highest BCUT2D eigenvalue weighted by Gasteiger charge is 2.21. The third kappa shape index (κ3) is 6.98. The average molecular weight is 529 g/mol. The number of guanidine groups is 1. The molecule has 0 spiro atoms. The van der Waals surface area contributed by atoms with Crippen molar-refractivity contribution in [1.29, 1.82) is 0 Å². The summed E-state index contributed by atoms with van der Waals surface area (Å²) >= 11 is 1.65. The van der Waals surface area contributed by atoms with Crippen LogP contribution in [-0.2, 0) is 6.54 Å². The Bertz CT molecular complexity index is 785. The van der Waals surface area contributed by atoms with E-state index in [4.69, 9.17) is 4.99 Å². The summed E-state index contributed by atoms with van der Waals surface area (Å²) < 4.78 is 0. The van der Waals surface area contributed by atoms with Gasteiger partial charge in [-0.05, 0) is 38.8 Å². The molecule has 1 saturated heterocycles. The van der Waals surface area contributed by atoms with Crippen LogP contribution in [0.5, 0.6) is 0 Å². The van der Waals surface area contributed by atoms with Crippen molar-refractivity contribution < 1.29 is 0 Å². The van der Waals surface area contributed by atoms with Crippen molar-refractivity contribution in [3.63, 3.8) is 0 Å². The van der Waals surface area contributed by atoms with E-state index in [1.807, 2.05) is 32.0 Å². The number of piperidine rings is 1. The lowest BCUT2D eigenvalue weighted by Crippen LogP contribution is -2.48. The first-order valence-electron chi connectivity index (χ1n) is 9.90. The Morgan fingerprint density at radius 3 is 2.66 bits per heavy atom. The second kappa shape index (κ2) is 11.5. The lowest BCUT2D eigenvalue weighted by Gasteiger charge is -2.34. The number of halogens is 1. The molecule has 0 aromatic carbocycles. The minimum atomic E-state index is 0. The summed E-state index contributed by atoms with van der Waals surface area (Å²) in [4.78, 5) is 18.4. The van der Waals surface area contributed by atoms with Crippen LogP contribution in [0.3, 0.4) is 0 Å². The van der Waals surface area contributed by atoms with E-state index in [1.165, 1.54) is 0 Å². The maximum atomic E-state index is 4.73. The van der Waals surface area contributed by atoms with E-state index in [0.29, 0.717) is 12.6 Å². The van der Waals surface area contributed by atoms with Gasteiger partial charge in [-0.25, -0.2) is 15.0 Å². The molecule has 1 fully saturated rings. The van der Waals surface area contributed by atoms with Crippen LogP contribution >= 0.6 is 35.3 Å². The van der Waals surface area contributed by atoms with Crippen molar-refractivity contribution in [2.45, 2.75) is 39.3 Å². The predicted octanol–water partition coefficient (Wildman–Crippen LogP) is 3.25. The third-order valence-corrected chi connectivity index (χ3v) is 5.76. The van der Waals surface area contributed by atoms with E-state index in [2.05, 4.69) is 49.9 Å². The molecular formula is C20H32IN7S. The van der Waals surface area contributed by atoms with Gasteiger partial charge < -0.3 is 20.4 Å². The topological polar surface area (TPSA) is 68.7 Å². The van der Waals surface area contributed by atoms with Gasteiger partial charge in [0, 0.05) is 50.8 Å². The van der Waals surface area contributed by atoms with Crippen molar-refractivity contribution in [2.75, 3.05) is 43.5 Å². The fourth-order valence-electron chi connectivity index (χ4n) is 3.21. The van der Waals surface area contributed by atoms with Crippen molar-refractivity contribution in [3.8, 4) is 0 Å². The molecule has 0 unspecified atom stereocenters.